The number of amides is 1. The van der Waals surface area contributed by atoms with Crippen LogP contribution in [0, 0.1) is 0 Å². The maximum absolute atomic E-state index is 12.5. The minimum atomic E-state index is -4.50. The topological polar surface area (TPSA) is 38.8 Å². The third-order valence-electron chi connectivity index (χ3n) is 2.15. The lowest BCUT2D eigenvalue weighted by atomic mass is 10.2. The standard InChI is InChI=1S/C13H15ClF3NO3/c1-12(2,3)20-11(19)18(4)21-10-6-5-8(7-9(10)14)13(15,16)17/h5-7H,1-4H3. The van der Waals surface area contributed by atoms with Crippen molar-refractivity contribution < 1.29 is 27.5 Å². The van der Waals surface area contributed by atoms with E-state index in [1.54, 1.807) is 20.8 Å². The Morgan fingerprint density at radius 1 is 1.24 bits per heavy atom. The monoisotopic (exact) mass is 325 g/mol. The molecular formula is C13H15ClF3NO3. The average Bonchev–Trinajstić information content (AvgIpc) is 2.27. The summed E-state index contributed by atoms with van der Waals surface area (Å²) < 4.78 is 42.5. The van der Waals surface area contributed by atoms with E-state index < -0.39 is 23.4 Å². The SMILES string of the molecule is CN(Oc1ccc(C(F)(F)F)cc1Cl)C(=O)OC(C)(C)C. The molecule has 118 valence electrons. The minimum Gasteiger partial charge on any atom is -0.442 e. The maximum atomic E-state index is 12.5. The highest BCUT2D eigenvalue weighted by atomic mass is 35.5. The highest BCUT2D eigenvalue weighted by Gasteiger charge is 2.31. The fourth-order valence-corrected chi connectivity index (χ4v) is 1.48. The van der Waals surface area contributed by atoms with E-state index in [0.717, 1.165) is 23.3 Å². The molecule has 0 aliphatic carbocycles. The number of carbonyl (C=O) groups is 1. The van der Waals surface area contributed by atoms with Crippen LogP contribution in [0.3, 0.4) is 0 Å². The molecule has 0 saturated carbocycles. The zero-order chi connectivity index (χ0) is 16.4. The third kappa shape index (κ3) is 5.34. The number of benzene rings is 1. The normalized spacial score (nSPS) is 12.0. The summed E-state index contributed by atoms with van der Waals surface area (Å²) in [6.45, 7) is 5.01. The van der Waals surface area contributed by atoms with Gasteiger partial charge in [-0.2, -0.15) is 13.2 Å². The van der Waals surface area contributed by atoms with Gasteiger partial charge < -0.3 is 9.57 Å². The molecule has 0 heterocycles. The predicted molar refractivity (Wildman–Crippen MR) is 71.1 cm³/mol. The molecule has 0 spiro atoms. The van der Waals surface area contributed by atoms with Gasteiger partial charge in [-0.25, -0.2) is 4.79 Å². The van der Waals surface area contributed by atoms with Gasteiger partial charge in [0.2, 0.25) is 0 Å². The van der Waals surface area contributed by atoms with Crippen molar-refractivity contribution in [2.24, 2.45) is 0 Å². The van der Waals surface area contributed by atoms with E-state index in [0.29, 0.717) is 0 Å². The van der Waals surface area contributed by atoms with Crippen LogP contribution < -0.4 is 4.84 Å². The molecule has 0 N–H and O–H groups in total. The van der Waals surface area contributed by atoms with E-state index in [2.05, 4.69) is 0 Å². The number of hydrogen-bond acceptors (Lipinski definition) is 3. The molecule has 1 aromatic rings. The summed E-state index contributed by atoms with van der Waals surface area (Å²) in [6.07, 6.45) is -5.29. The van der Waals surface area contributed by atoms with Crippen LogP contribution in [-0.4, -0.2) is 23.8 Å². The van der Waals surface area contributed by atoms with Gasteiger partial charge in [0.15, 0.2) is 5.75 Å². The Hall–Kier alpha value is -1.63. The largest absolute Gasteiger partial charge is 0.443 e. The van der Waals surface area contributed by atoms with Crippen molar-refractivity contribution in [1.29, 1.82) is 0 Å². The molecule has 0 radical (unpaired) electrons. The van der Waals surface area contributed by atoms with E-state index in [1.807, 2.05) is 0 Å². The first-order chi connectivity index (χ1) is 9.40. The van der Waals surface area contributed by atoms with E-state index in [-0.39, 0.29) is 10.8 Å². The Labute approximate surface area is 125 Å². The molecule has 0 aliphatic rings. The first-order valence-electron chi connectivity index (χ1n) is 5.91. The van der Waals surface area contributed by atoms with Gasteiger partial charge in [0, 0.05) is 0 Å². The molecule has 0 aliphatic heterocycles. The van der Waals surface area contributed by atoms with Crippen molar-refractivity contribution in [3.05, 3.63) is 28.8 Å². The number of hydrogen-bond donors (Lipinski definition) is 0. The van der Waals surface area contributed by atoms with Crippen LogP contribution in [0.2, 0.25) is 5.02 Å². The number of rotatable bonds is 2. The highest BCUT2D eigenvalue weighted by Crippen LogP contribution is 2.34. The predicted octanol–water partition coefficient (Wildman–Crippen LogP) is 4.52. The van der Waals surface area contributed by atoms with Crippen molar-refractivity contribution in [2.45, 2.75) is 32.5 Å². The van der Waals surface area contributed by atoms with E-state index in [4.69, 9.17) is 21.2 Å². The number of carbonyl (C=O) groups excluding carboxylic acids is 1. The quantitative estimate of drug-likeness (QED) is 0.750. The third-order valence-corrected chi connectivity index (χ3v) is 2.44. The number of alkyl halides is 3. The van der Waals surface area contributed by atoms with Crippen molar-refractivity contribution in [1.82, 2.24) is 5.06 Å². The van der Waals surface area contributed by atoms with Crippen molar-refractivity contribution in [3.63, 3.8) is 0 Å². The van der Waals surface area contributed by atoms with Crippen LogP contribution in [0.25, 0.3) is 0 Å². The van der Waals surface area contributed by atoms with Crippen LogP contribution in [0.1, 0.15) is 26.3 Å². The van der Waals surface area contributed by atoms with Crippen LogP contribution in [-0.2, 0) is 10.9 Å². The first-order valence-corrected chi connectivity index (χ1v) is 6.29. The second-order valence-corrected chi connectivity index (χ2v) is 5.62. The number of halogens is 4. The molecule has 4 nitrogen and oxygen atoms in total. The van der Waals surface area contributed by atoms with Crippen LogP contribution >= 0.6 is 11.6 Å². The van der Waals surface area contributed by atoms with Crippen LogP contribution in [0.15, 0.2) is 18.2 Å². The summed E-state index contributed by atoms with van der Waals surface area (Å²) in [6, 6.07) is 2.57. The van der Waals surface area contributed by atoms with Gasteiger partial charge in [-0.05, 0) is 39.0 Å². The van der Waals surface area contributed by atoms with Crippen LogP contribution in [0.5, 0.6) is 5.75 Å². The van der Waals surface area contributed by atoms with E-state index >= 15 is 0 Å². The Bertz CT molecular complexity index is 526. The maximum Gasteiger partial charge on any atom is 0.443 e. The molecule has 1 amide bonds. The zero-order valence-electron chi connectivity index (χ0n) is 11.9. The minimum absolute atomic E-state index is 0.0852. The van der Waals surface area contributed by atoms with Gasteiger partial charge in [-0.1, -0.05) is 11.6 Å². The van der Waals surface area contributed by atoms with Gasteiger partial charge in [-0.3, -0.25) is 0 Å². The summed E-state index contributed by atoms with van der Waals surface area (Å²) in [5.74, 6) is -0.0852. The zero-order valence-corrected chi connectivity index (χ0v) is 12.7. The lowest BCUT2D eigenvalue weighted by molar-refractivity contribution is -0.137. The fraction of sp³-hybridized carbons (Fsp3) is 0.462. The summed E-state index contributed by atoms with van der Waals surface area (Å²) >= 11 is 5.71. The molecule has 0 saturated heterocycles. The average molecular weight is 326 g/mol. The summed E-state index contributed by atoms with van der Waals surface area (Å²) in [5, 5.41) is 0.486. The van der Waals surface area contributed by atoms with Gasteiger partial charge in [0.1, 0.15) is 5.60 Å². The summed E-state index contributed by atoms with van der Waals surface area (Å²) in [7, 11) is 1.27. The molecule has 1 rings (SSSR count). The molecule has 8 heteroatoms. The highest BCUT2D eigenvalue weighted by molar-refractivity contribution is 6.32. The van der Waals surface area contributed by atoms with Gasteiger partial charge in [-0.15, -0.1) is 5.06 Å². The van der Waals surface area contributed by atoms with Crippen molar-refractivity contribution in [2.75, 3.05) is 7.05 Å². The van der Waals surface area contributed by atoms with Crippen molar-refractivity contribution in [3.8, 4) is 5.75 Å². The molecule has 0 bridgehead atoms. The second kappa shape index (κ2) is 6.01. The number of hydroxylamine groups is 2. The first kappa shape index (κ1) is 17.4. The summed E-state index contributed by atoms with van der Waals surface area (Å²) in [4.78, 5) is 16.7. The molecule has 0 fully saturated rings. The van der Waals surface area contributed by atoms with Crippen LogP contribution in [0.4, 0.5) is 18.0 Å². The Morgan fingerprint density at radius 2 is 1.81 bits per heavy atom. The van der Waals surface area contributed by atoms with Gasteiger partial charge in [0.05, 0.1) is 17.6 Å². The van der Waals surface area contributed by atoms with Gasteiger partial charge >= 0.3 is 12.3 Å². The molecule has 0 atom stereocenters. The van der Waals surface area contributed by atoms with Crippen molar-refractivity contribution >= 4 is 17.7 Å². The fourth-order valence-electron chi connectivity index (χ4n) is 1.26. The second-order valence-electron chi connectivity index (χ2n) is 5.21. The Kier molecular flexibility index (Phi) is 4.99. The lowest BCUT2D eigenvalue weighted by Gasteiger charge is -2.24. The summed E-state index contributed by atoms with van der Waals surface area (Å²) in [5.41, 5.74) is -1.63. The molecule has 0 unspecified atom stereocenters. The molecule has 0 aromatic heterocycles. The molecular weight excluding hydrogens is 311 g/mol. The number of ether oxygens (including phenoxy) is 1. The Balaban J connectivity index is 2.82. The van der Waals surface area contributed by atoms with E-state index in [1.165, 1.54) is 7.05 Å². The van der Waals surface area contributed by atoms with E-state index in [9.17, 15) is 18.0 Å². The number of nitrogens with zero attached hydrogens (tertiary/aromatic N) is 1. The smallest absolute Gasteiger partial charge is 0.442 e. The lowest BCUT2D eigenvalue weighted by Crippen LogP contribution is -2.36. The molecule has 1 aromatic carbocycles. The van der Waals surface area contributed by atoms with Gasteiger partial charge in [0.25, 0.3) is 0 Å². The molecule has 21 heavy (non-hydrogen) atoms. The Morgan fingerprint density at radius 3 is 2.24 bits per heavy atom.